The summed E-state index contributed by atoms with van der Waals surface area (Å²) in [5.41, 5.74) is 14.4. The lowest BCUT2D eigenvalue weighted by atomic mass is 9.95. The van der Waals surface area contributed by atoms with Crippen LogP contribution in [0.1, 0.15) is 95.5 Å². The zero-order valence-electron chi connectivity index (χ0n) is 53.7. The molecule has 6 aromatic rings. The van der Waals surface area contributed by atoms with Gasteiger partial charge in [-0.15, -0.1) is 0 Å². The summed E-state index contributed by atoms with van der Waals surface area (Å²) in [6, 6.07) is 54.2. The van der Waals surface area contributed by atoms with E-state index in [2.05, 4.69) is 55.1 Å². The Bertz CT molecular complexity index is 3310. The molecule has 2 saturated heterocycles. The maximum Gasteiger partial charge on any atom is 0.410 e. The third kappa shape index (κ3) is 20.4. The zero-order chi connectivity index (χ0) is 66.2. The molecular formula is C71H84N4O17Si. The molecular weight excluding hydrogens is 1210 g/mol. The van der Waals surface area contributed by atoms with Gasteiger partial charge in [-0.2, -0.15) is 0 Å². The minimum Gasteiger partial charge on any atom is -0.463 e. The fourth-order valence-electron chi connectivity index (χ4n) is 11.5. The van der Waals surface area contributed by atoms with Crippen LogP contribution in [0.4, 0.5) is 4.79 Å². The summed E-state index contributed by atoms with van der Waals surface area (Å²) in [6.45, 7) is 11.7. The molecule has 2 heterocycles. The van der Waals surface area contributed by atoms with Crippen LogP contribution >= 0.6 is 0 Å². The second-order valence-electron chi connectivity index (χ2n) is 23.8. The van der Waals surface area contributed by atoms with Gasteiger partial charge in [0.1, 0.15) is 56.4 Å². The van der Waals surface area contributed by atoms with E-state index in [-0.39, 0.29) is 45.6 Å². The summed E-state index contributed by atoms with van der Waals surface area (Å²) in [5.74, 6) is -2.43. The average Bonchev–Trinajstić information content (AvgIpc) is 0.762. The van der Waals surface area contributed by atoms with Crippen molar-refractivity contribution in [3.05, 3.63) is 214 Å². The van der Waals surface area contributed by atoms with Gasteiger partial charge in [0.15, 0.2) is 24.8 Å². The highest BCUT2D eigenvalue weighted by Gasteiger charge is 2.57. The van der Waals surface area contributed by atoms with E-state index in [1.165, 1.54) is 27.7 Å². The molecule has 0 bridgehead atoms. The monoisotopic (exact) mass is 1290 g/mol. The molecule has 0 N–H and O–H groups in total. The lowest BCUT2D eigenvalue weighted by Crippen LogP contribution is -2.69. The van der Waals surface area contributed by atoms with Crippen LogP contribution in [0.25, 0.3) is 10.4 Å². The van der Waals surface area contributed by atoms with Gasteiger partial charge in [-0.25, -0.2) is 4.79 Å². The summed E-state index contributed by atoms with van der Waals surface area (Å²) in [4.78, 5) is 69.2. The first-order chi connectivity index (χ1) is 44.9. The highest BCUT2D eigenvalue weighted by atomic mass is 28.4. The lowest BCUT2D eigenvalue weighted by molar-refractivity contribution is -0.353. The van der Waals surface area contributed by atoms with Gasteiger partial charge in [-0.1, -0.05) is 202 Å². The molecule has 494 valence electrons. The molecule has 0 aliphatic carbocycles. The Labute approximate surface area is 544 Å². The third-order valence-corrected chi connectivity index (χ3v) is 20.8. The molecule has 8 rings (SSSR count). The van der Waals surface area contributed by atoms with Crippen molar-refractivity contribution in [3.63, 3.8) is 0 Å². The van der Waals surface area contributed by atoms with Gasteiger partial charge in [0, 0.05) is 52.3 Å². The van der Waals surface area contributed by atoms with Crippen LogP contribution in [0.2, 0.25) is 5.04 Å². The van der Waals surface area contributed by atoms with Crippen LogP contribution in [0.5, 0.6) is 0 Å². The molecule has 6 aromatic carbocycles. The van der Waals surface area contributed by atoms with Gasteiger partial charge < -0.3 is 61.4 Å². The van der Waals surface area contributed by atoms with Gasteiger partial charge in [0.2, 0.25) is 0 Å². The van der Waals surface area contributed by atoms with Gasteiger partial charge >= 0.3 is 30.0 Å². The number of ether oxygens (including phenoxy) is 11. The number of benzene rings is 6. The Kier molecular flexibility index (Phi) is 26.7. The lowest BCUT2D eigenvalue weighted by Gasteiger charge is -2.50. The second kappa shape index (κ2) is 35.1. The molecule has 0 aromatic heterocycles. The fourth-order valence-corrected chi connectivity index (χ4v) is 16.1. The predicted molar refractivity (Wildman–Crippen MR) is 345 cm³/mol. The Balaban J connectivity index is 1.13. The number of carbonyl (C=O) groups excluding carboxylic acids is 5. The smallest absolute Gasteiger partial charge is 0.410 e. The van der Waals surface area contributed by atoms with E-state index in [0.717, 1.165) is 38.2 Å². The number of nitrogens with zero attached hydrogens (tertiary/aromatic N) is 4. The molecule has 1 amide bonds. The number of rotatable bonds is 31. The number of amides is 1. The average molecular weight is 1290 g/mol. The highest BCUT2D eigenvalue weighted by Crippen LogP contribution is 2.40. The van der Waals surface area contributed by atoms with E-state index in [1.54, 1.807) is 4.90 Å². The van der Waals surface area contributed by atoms with E-state index in [0.29, 0.717) is 32.4 Å². The summed E-state index contributed by atoms with van der Waals surface area (Å²) >= 11 is 0. The highest BCUT2D eigenvalue weighted by molar-refractivity contribution is 6.99. The first-order valence-electron chi connectivity index (χ1n) is 31.2. The second-order valence-corrected chi connectivity index (χ2v) is 28.1. The van der Waals surface area contributed by atoms with Crippen molar-refractivity contribution in [3.8, 4) is 0 Å². The SMILES string of the molecule is CC(=O)OCc1ccc(COC(=O)N(CCCCCO[C@@H]2O[C@@H](CO[Si](c3ccccc3)(c3ccccc3)C(C)(C)C)[C@@H](O[C@H]3O[C@H](COC(C)=O)[C@@H](OC(C)=O)[C@H](OCc4ccccc4)[C@H]3N=[N+]=[N-])[C@H](OCc3ccccc3)[C@H]2OC(C)=O)Cc2ccccc2)cc1. The minimum atomic E-state index is -3.39. The summed E-state index contributed by atoms with van der Waals surface area (Å²) < 4.78 is 77.7. The van der Waals surface area contributed by atoms with Crippen LogP contribution in [0, 0.1) is 0 Å². The van der Waals surface area contributed by atoms with Crippen LogP contribution in [0.15, 0.2) is 181 Å². The van der Waals surface area contributed by atoms with Gasteiger partial charge in [-0.3, -0.25) is 19.2 Å². The standard InChI is InChI=1S/C71H84N4O17Si/c1-49(76)82-43-56-36-38-57(39-37-56)46-86-70(80)75(42-53-26-14-8-15-27-53)40-24-13-25-41-81-69-67(89-52(4)79)66(85-45-55-30-18-10-19-31-55)64(61(91-69)48-87-93(71(5,6)7,58-32-20-11-21-33-58)59-34-22-12-23-35-59)92-68-62(73-74-72)65(84-44-54-28-16-9-17-29-54)63(88-51(3)78)60(90-68)47-83-50(2)77/h8-12,14-23,26-39,60-69H,13,24-25,40-48H2,1-7H3/t60-,61+,62-,63-,64-,65-,66+,67-,68-,69-/m1/s1. The van der Waals surface area contributed by atoms with Crippen molar-refractivity contribution in [2.24, 2.45) is 5.11 Å². The largest absolute Gasteiger partial charge is 0.463 e. The molecule has 0 radical (unpaired) electrons. The number of azide groups is 1. The minimum absolute atomic E-state index is 0.0261. The van der Waals surface area contributed by atoms with E-state index < -0.39 is 105 Å². The summed E-state index contributed by atoms with van der Waals surface area (Å²) in [6.07, 6.45) is -10.7. The molecule has 22 heteroatoms. The van der Waals surface area contributed by atoms with Gasteiger partial charge in [-0.05, 0) is 68.0 Å². The zero-order valence-corrected chi connectivity index (χ0v) is 54.7. The molecule has 0 saturated carbocycles. The normalized spacial score (nSPS) is 21.3. The molecule has 21 nitrogen and oxygen atoms in total. The molecule has 93 heavy (non-hydrogen) atoms. The van der Waals surface area contributed by atoms with Crippen LogP contribution in [-0.2, 0) is 109 Å². The van der Waals surface area contributed by atoms with Crippen LogP contribution < -0.4 is 10.4 Å². The first kappa shape index (κ1) is 70.6. The van der Waals surface area contributed by atoms with Crippen molar-refractivity contribution in [2.45, 2.75) is 167 Å². The van der Waals surface area contributed by atoms with E-state index in [4.69, 9.17) is 56.5 Å². The molecule has 0 spiro atoms. The Morgan fingerprint density at radius 1 is 0.495 bits per heavy atom. The summed E-state index contributed by atoms with van der Waals surface area (Å²) in [7, 11) is -3.39. The molecule has 2 aliphatic heterocycles. The Morgan fingerprint density at radius 3 is 1.48 bits per heavy atom. The van der Waals surface area contributed by atoms with Crippen molar-refractivity contribution in [1.29, 1.82) is 0 Å². The third-order valence-electron chi connectivity index (χ3n) is 15.8. The van der Waals surface area contributed by atoms with Crippen LogP contribution in [-0.4, -0.2) is 131 Å². The summed E-state index contributed by atoms with van der Waals surface area (Å²) in [5, 5.41) is 5.65. The Morgan fingerprint density at radius 2 is 0.968 bits per heavy atom. The maximum atomic E-state index is 13.8. The number of unbranched alkanes of at least 4 members (excludes halogenated alkanes) is 2. The molecule has 2 fully saturated rings. The van der Waals surface area contributed by atoms with E-state index in [9.17, 15) is 29.5 Å². The maximum absolute atomic E-state index is 13.8. The topological polar surface area (TPSA) is 248 Å². The fraction of sp³-hybridized carbons (Fsp3) is 0.423. The number of carbonyl (C=O) groups is 5. The quantitative estimate of drug-likeness (QED) is 0.00746. The first-order valence-corrected chi connectivity index (χ1v) is 33.2. The Hall–Kier alpha value is -8.28. The van der Waals surface area contributed by atoms with Crippen molar-refractivity contribution < 1.29 is 80.5 Å². The molecule has 10 atom stereocenters. The van der Waals surface area contributed by atoms with E-state index in [1.807, 2.05) is 152 Å². The van der Waals surface area contributed by atoms with Crippen molar-refractivity contribution in [1.82, 2.24) is 4.90 Å². The van der Waals surface area contributed by atoms with Gasteiger partial charge in [0.25, 0.3) is 8.32 Å². The van der Waals surface area contributed by atoms with Crippen molar-refractivity contribution in [2.75, 3.05) is 26.4 Å². The number of hydrogen-bond donors (Lipinski definition) is 0. The van der Waals surface area contributed by atoms with Crippen molar-refractivity contribution >= 4 is 48.7 Å². The predicted octanol–water partition coefficient (Wildman–Crippen LogP) is 10.8. The molecule has 0 unspecified atom stereocenters. The number of esters is 4. The van der Waals surface area contributed by atoms with E-state index >= 15 is 0 Å². The van der Waals surface area contributed by atoms with Gasteiger partial charge in [0.05, 0.1) is 19.8 Å². The number of hydrogen-bond acceptors (Lipinski definition) is 18. The molecule has 2 aliphatic rings. The van der Waals surface area contributed by atoms with Crippen LogP contribution in [0.3, 0.4) is 0 Å².